The van der Waals surface area contributed by atoms with Gasteiger partial charge in [0, 0.05) is 5.41 Å². The van der Waals surface area contributed by atoms with Crippen molar-refractivity contribution in [2.75, 3.05) is 6.61 Å². The summed E-state index contributed by atoms with van der Waals surface area (Å²) in [7, 11) is 0. The molecule has 0 aromatic carbocycles. The molecule has 4 aliphatic carbocycles. The highest BCUT2D eigenvalue weighted by molar-refractivity contribution is 6.01. The molecule has 6 atom stereocenters. The number of allylic oxidation sites excluding steroid dienone is 2. The first-order valence-corrected chi connectivity index (χ1v) is 10.7. The van der Waals surface area contributed by atoms with Crippen LogP contribution in [0.1, 0.15) is 65.7 Å². The third kappa shape index (κ3) is 2.94. The molecule has 0 aromatic rings. The summed E-state index contributed by atoms with van der Waals surface area (Å²) in [6.45, 7) is 5.60. The van der Waals surface area contributed by atoms with Gasteiger partial charge in [0.05, 0.1) is 0 Å². The van der Waals surface area contributed by atoms with E-state index in [9.17, 15) is 24.9 Å². The normalized spacial score (nSPS) is 43.9. The van der Waals surface area contributed by atoms with Crippen LogP contribution in [0, 0.1) is 23.2 Å². The average molecular weight is 391 g/mol. The van der Waals surface area contributed by atoms with E-state index >= 15 is 0 Å². The second kappa shape index (κ2) is 7.51. The molecule has 0 aromatic heterocycles. The van der Waals surface area contributed by atoms with Crippen molar-refractivity contribution in [3.05, 3.63) is 23.8 Å². The Morgan fingerprint density at radius 2 is 1.79 bits per heavy atom. The third-order valence-electron chi connectivity index (χ3n) is 7.84. The molecule has 5 nitrogen and oxygen atoms in total. The predicted molar refractivity (Wildman–Crippen MR) is 106 cm³/mol. The molecule has 3 saturated carbocycles. The summed E-state index contributed by atoms with van der Waals surface area (Å²) in [4.78, 5) is 24.0. The molecule has 0 radical (unpaired) electrons. The third-order valence-corrected chi connectivity index (χ3v) is 7.84. The van der Waals surface area contributed by atoms with Crippen LogP contribution in [0.5, 0.6) is 0 Å². The molecule has 5 unspecified atom stereocenters. The van der Waals surface area contributed by atoms with Crippen LogP contribution >= 0.6 is 0 Å². The van der Waals surface area contributed by atoms with Gasteiger partial charge in [0.15, 0.2) is 11.6 Å². The molecule has 3 N–H and O–H groups in total. The van der Waals surface area contributed by atoms with Gasteiger partial charge in [-0.05, 0) is 80.1 Å². The highest BCUT2D eigenvalue weighted by atomic mass is 16.3. The van der Waals surface area contributed by atoms with Gasteiger partial charge in [-0.25, -0.2) is 0 Å². The summed E-state index contributed by atoms with van der Waals surface area (Å²) in [6, 6.07) is 0. The zero-order valence-corrected chi connectivity index (χ0v) is 17.3. The minimum Gasteiger partial charge on any atom is -0.388 e. The Morgan fingerprint density at radius 1 is 1.14 bits per heavy atom. The number of carbonyl (C=O) groups excluding carboxylic acids is 2. The summed E-state index contributed by atoms with van der Waals surface area (Å²) in [5.41, 5.74) is -2.28. The molecule has 0 saturated heterocycles. The highest BCUT2D eigenvalue weighted by Gasteiger charge is 2.66. The fourth-order valence-corrected chi connectivity index (χ4v) is 6.45. The van der Waals surface area contributed by atoms with E-state index < -0.39 is 29.0 Å². The highest BCUT2D eigenvalue weighted by Crippen LogP contribution is 2.65. The fourth-order valence-electron chi connectivity index (χ4n) is 6.45. The van der Waals surface area contributed by atoms with E-state index in [2.05, 4.69) is 13.8 Å². The topological polar surface area (TPSA) is 94.8 Å². The van der Waals surface area contributed by atoms with Gasteiger partial charge in [-0.2, -0.15) is 0 Å². The molecule has 4 rings (SSSR count). The maximum Gasteiger partial charge on any atom is 0.190 e. The van der Waals surface area contributed by atoms with Crippen LogP contribution in [0.15, 0.2) is 23.8 Å². The maximum atomic E-state index is 12.3. The van der Waals surface area contributed by atoms with Crippen molar-refractivity contribution >= 4 is 11.6 Å². The van der Waals surface area contributed by atoms with Gasteiger partial charge in [0.1, 0.15) is 17.8 Å². The summed E-state index contributed by atoms with van der Waals surface area (Å²) in [5, 5.41) is 31.7. The number of carbonyl (C=O) groups is 2. The first-order chi connectivity index (χ1) is 13.2. The number of hydrogen-bond donors (Lipinski definition) is 3. The van der Waals surface area contributed by atoms with Crippen molar-refractivity contribution < 1.29 is 24.9 Å². The Kier molecular flexibility index (Phi) is 5.74. The second-order valence-corrected chi connectivity index (χ2v) is 9.29. The average Bonchev–Trinajstić information content (AvgIpc) is 2.94. The molecule has 0 bridgehead atoms. The molecule has 0 aliphatic heterocycles. The number of fused-ring (bicyclic) bond motifs is 5. The van der Waals surface area contributed by atoms with Gasteiger partial charge in [0.25, 0.3) is 0 Å². The van der Waals surface area contributed by atoms with Crippen molar-refractivity contribution in [1.82, 2.24) is 0 Å². The molecule has 0 amide bonds. The summed E-state index contributed by atoms with van der Waals surface area (Å²) >= 11 is 0. The SMILES string of the molecule is CC12CCC3C(CCC4=CC(=O)C=CC43O)C1CC[C@]2(O)C(=O)CO.CCC. The van der Waals surface area contributed by atoms with Crippen molar-refractivity contribution in [1.29, 1.82) is 0 Å². The first kappa shape index (κ1) is 21.4. The smallest absolute Gasteiger partial charge is 0.190 e. The van der Waals surface area contributed by atoms with Crippen molar-refractivity contribution in [3.8, 4) is 0 Å². The summed E-state index contributed by atoms with van der Waals surface area (Å²) in [5.74, 6) is -0.180. The van der Waals surface area contributed by atoms with Crippen molar-refractivity contribution in [2.24, 2.45) is 23.2 Å². The van der Waals surface area contributed by atoms with E-state index in [1.165, 1.54) is 12.5 Å². The Bertz CT molecular complexity index is 710. The number of rotatable bonds is 2. The van der Waals surface area contributed by atoms with Crippen LogP contribution in [-0.4, -0.2) is 44.7 Å². The quantitative estimate of drug-likeness (QED) is 0.674. The van der Waals surface area contributed by atoms with Gasteiger partial charge < -0.3 is 15.3 Å². The van der Waals surface area contributed by atoms with E-state index in [0.29, 0.717) is 25.7 Å². The van der Waals surface area contributed by atoms with Crippen molar-refractivity contribution in [3.63, 3.8) is 0 Å². The molecule has 28 heavy (non-hydrogen) atoms. The summed E-state index contributed by atoms with van der Waals surface area (Å²) < 4.78 is 0. The lowest BCUT2D eigenvalue weighted by molar-refractivity contribution is -0.166. The van der Waals surface area contributed by atoms with Crippen LogP contribution in [0.25, 0.3) is 0 Å². The first-order valence-electron chi connectivity index (χ1n) is 10.7. The molecule has 156 valence electrons. The maximum absolute atomic E-state index is 12.3. The Balaban J connectivity index is 0.000000706. The number of aliphatic hydroxyl groups excluding tert-OH is 1. The Hall–Kier alpha value is -1.30. The molecule has 0 heterocycles. The van der Waals surface area contributed by atoms with E-state index in [-0.39, 0.29) is 23.5 Å². The molecule has 5 heteroatoms. The van der Waals surface area contributed by atoms with Gasteiger partial charge >= 0.3 is 0 Å². The molecule has 0 spiro atoms. The molecule has 4 aliphatic rings. The van der Waals surface area contributed by atoms with Crippen LogP contribution in [0.3, 0.4) is 0 Å². The Labute approximate surface area is 167 Å². The lowest BCUT2D eigenvalue weighted by atomic mass is 9.49. The van der Waals surface area contributed by atoms with Crippen LogP contribution < -0.4 is 0 Å². The minimum absolute atomic E-state index is 0.0153. The largest absolute Gasteiger partial charge is 0.388 e. The fraction of sp³-hybridized carbons (Fsp3) is 0.739. The Morgan fingerprint density at radius 3 is 2.43 bits per heavy atom. The van der Waals surface area contributed by atoms with Gasteiger partial charge in [-0.3, -0.25) is 9.59 Å². The second-order valence-electron chi connectivity index (χ2n) is 9.29. The zero-order valence-electron chi connectivity index (χ0n) is 17.3. The molecule has 3 fully saturated rings. The number of ketones is 2. The van der Waals surface area contributed by atoms with Crippen LogP contribution in [0.4, 0.5) is 0 Å². The zero-order chi connectivity index (χ0) is 20.7. The van der Waals surface area contributed by atoms with Crippen molar-refractivity contribution in [2.45, 2.75) is 76.9 Å². The van der Waals surface area contributed by atoms with E-state index in [4.69, 9.17) is 0 Å². The predicted octanol–water partition coefficient (Wildman–Crippen LogP) is 2.73. The lowest BCUT2D eigenvalue weighted by Crippen LogP contribution is -2.59. The van der Waals surface area contributed by atoms with E-state index in [1.807, 2.05) is 6.92 Å². The van der Waals surface area contributed by atoms with Crippen LogP contribution in [0.2, 0.25) is 0 Å². The molecular weight excluding hydrogens is 356 g/mol. The van der Waals surface area contributed by atoms with E-state index in [0.717, 1.165) is 18.4 Å². The number of hydrogen-bond acceptors (Lipinski definition) is 5. The minimum atomic E-state index is -1.46. The van der Waals surface area contributed by atoms with Crippen LogP contribution in [-0.2, 0) is 9.59 Å². The van der Waals surface area contributed by atoms with Gasteiger partial charge in [-0.15, -0.1) is 0 Å². The van der Waals surface area contributed by atoms with Gasteiger partial charge in [0.2, 0.25) is 0 Å². The lowest BCUT2D eigenvalue weighted by Gasteiger charge is -2.56. The standard InChI is InChI=1S/C20H26O5.C3H8/c1-18-7-5-16-14(15(18)6-9-20(18,25)17(23)11-21)3-2-12-10-13(22)4-8-19(12,16)24;1-3-2/h4,8,10,14-16,21,24-25H,2-3,5-7,9,11H2,1H3;3H2,1-2H3/t14?,15?,16?,18?,19?,20-;/m0./s1. The molecular formula is C23H34O5. The van der Waals surface area contributed by atoms with Gasteiger partial charge in [-0.1, -0.05) is 27.2 Å². The number of Topliss-reactive ketones (excluding diaryl/α,β-unsaturated/α-hetero) is 1. The van der Waals surface area contributed by atoms with E-state index in [1.54, 1.807) is 12.2 Å². The number of aliphatic hydroxyl groups is 3. The monoisotopic (exact) mass is 390 g/mol. The summed E-state index contributed by atoms with van der Waals surface area (Å²) in [6.07, 6.45) is 9.93.